The molecular formula is C9H16N2O2S. The summed E-state index contributed by atoms with van der Waals surface area (Å²) in [6.45, 7) is 5.67. The summed E-state index contributed by atoms with van der Waals surface area (Å²) in [6.07, 6.45) is 3.29. The largest absolute Gasteiger partial charge is 0.331 e. The molecule has 0 unspecified atom stereocenters. The molecule has 5 heteroatoms. The molecule has 0 aliphatic carbocycles. The van der Waals surface area contributed by atoms with Gasteiger partial charge in [-0.15, -0.1) is 0 Å². The van der Waals surface area contributed by atoms with E-state index in [0.717, 1.165) is 5.69 Å². The van der Waals surface area contributed by atoms with Crippen LogP contribution in [0.15, 0.2) is 12.5 Å². The van der Waals surface area contributed by atoms with Crippen molar-refractivity contribution in [2.24, 2.45) is 0 Å². The van der Waals surface area contributed by atoms with Crippen LogP contribution >= 0.6 is 0 Å². The average Bonchev–Trinajstić information content (AvgIpc) is 2.51. The lowest BCUT2D eigenvalue weighted by molar-refractivity contribution is 0.571. The molecule has 0 atom stereocenters. The summed E-state index contributed by atoms with van der Waals surface area (Å²) in [5.41, 5.74) is 0.766. The highest BCUT2D eigenvalue weighted by Gasteiger charge is 2.13. The molecule has 0 spiro atoms. The molecule has 14 heavy (non-hydrogen) atoms. The smallest absolute Gasteiger partial charge is 0.155 e. The highest BCUT2D eigenvalue weighted by molar-refractivity contribution is 7.90. The maximum absolute atomic E-state index is 11.4. The quantitative estimate of drug-likeness (QED) is 0.764. The van der Waals surface area contributed by atoms with E-state index in [1.165, 1.54) is 0 Å². The van der Waals surface area contributed by atoms with Crippen LogP contribution in [0, 0.1) is 0 Å². The van der Waals surface area contributed by atoms with Gasteiger partial charge in [-0.1, -0.05) is 6.92 Å². The Morgan fingerprint density at radius 2 is 2.14 bits per heavy atom. The van der Waals surface area contributed by atoms with Gasteiger partial charge in [0.15, 0.2) is 9.84 Å². The summed E-state index contributed by atoms with van der Waals surface area (Å²) in [4.78, 5) is 3.96. The van der Waals surface area contributed by atoms with Crippen LogP contribution in [0.3, 0.4) is 0 Å². The van der Waals surface area contributed by atoms with E-state index in [4.69, 9.17) is 0 Å². The lowest BCUT2D eigenvalue weighted by Gasteiger charge is -2.11. The monoisotopic (exact) mass is 216 g/mol. The van der Waals surface area contributed by atoms with Gasteiger partial charge >= 0.3 is 0 Å². The zero-order valence-electron chi connectivity index (χ0n) is 8.77. The van der Waals surface area contributed by atoms with Gasteiger partial charge in [0.2, 0.25) is 0 Å². The first-order chi connectivity index (χ1) is 6.46. The molecule has 0 amide bonds. The maximum Gasteiger partial charge on any atom is 0.155 e. The molecule has 0 aromatic carbocycles. The lowest BCUT2D eigenvalue weighted by atomic mass is 10.4. The highest BCUT2D eigenvalue weighted by Crippen LogP contribution is 2.12. The Morgan fingerprint density at radius 1 is 1.50 bits per heavy atom. The van der Waals surface area contributed by atoms with Crippen molar-refractivity contribution in [1.82, 2.24) is 9.55 Å². The average molecular weight is 216 g/mol. The van der Waals surface area contributed by atoms with Crippen molar-refractivity contribution < 1.29 is 8.42 Å². The molecule has 0 saturated carbocycles. The Labute approximate surface area is 84.9 Å². The van der Waals surface area contributed by atoms with Gasteiger partial charge in [0.1, 0.15) is 0 Å². The van der Waals surface area contributed by atoms with E-state index < -0.39 is 9.84 Å². The van der Waals surface area contributed by atoms with Crippen LogP contribution in [-0.2, 0) is 15.6 Å². The van der Waals surface area contributed by atoms with Gasteiger partial charge in [0, 0.05) is 18.0 Å². The number of imidazole rings is 1. The van der Waals surface area contributed by atoms with E-state index in [-0.39, 0.29) is 17.5 Å². The third-order valence-corrected chi connectivity index (χ3v) is 3.73. The third-order valence-electron chi connectivity index (χ3n) is 2.11. The van der Waals surface area contributed by atoms with Crippen molar-refractivity contribution in [3.8, 4) is 0 Å². The van der Waals surface area contributed by atoms with Crippen LogP contribution in [0.4, 0.5) is 0 Å². The molecule has 0 aliphatic heterocycles. The fourth-order valence-corrected chi connectivity index (χ4v) is 2.11. The van der Waals surface area contributed by atoms with Gasteiger partial charge in [-0.3, -0.25) is 0 Å². The van der Waals surface area contributed by atoms with E-state index in [0.29, 0.717) is 0 Å². The number of rotatable bonds is 4. The van der Waals surface area contributed by atoms with Gasteiger partial charge in [-0.2, -0.15) is 0 Å². The van der Waals surface area contributed by atoms with Gasteiger partial charge in [0.25, 0.3) is 0 Å². The lowest BCUT2D eigenvalue weighted by Crippen LogP contribution is -2.12. The van der Waals surface area contributed by atoms with Crippen molar-refractivity contribution in [3.63, 3.8) is 0 Å². The molecule has 4 nitrogen and oxygen atoms in total. The number of hydrogen-bond donors (Lipinski definition) is 0. The molecule has 0 N–H and O–H groups in total. The summed E-state index contributed by atoms with van der Waals surface area (Å²) in [5.74, 6) is 0.262. The zero-order valence-corrected chi connectivity index (χ0v) is 9.58. The third kappa shape index (κ3) is 2.57. The van der Waals surface area contributed by atoms with Crippen LogP contribution in [-0.4, -0.2) is 23.7 Å². The minimum Gasteiger partial charge on any atom is -0.331 e. The molecule has 80 valence electrons. The van der Waals surface area contributed by atoms with Gasteiger partial charge < -0.3 is 4.57 Å². The number of hydrogen-bond acceptors (Lipinski definition) is 3. The summed E-state index contributed by atoms with van der Waals surface area (Å²) >= 11 is 0. The summed E-state index contributed by atoms with van der Waals surface area (Å²) in [5, 5.41) is 0. The molecule has 0 radical (unpaired) electrons. The van der Waals surface area contributed by atoms with Crippen LogP contribution in [0.25, 0.3) is 0 Å². The van der Waals surface area contributed by atoms with E-state index in [1.807, 2.05) is 18.4 Å². The SMILES string of the molecule is CCS(=O)(=O)Cc1cncn1C(C)C. The normalized spacial score (nSPS) is 12.3. The molecule has 0 bridgehead atoms. The second-order valence-corrected chi connectivity index (χ2v) is 5.92. The summed E-state index contributed by atoms with van der Waals surface area (Å²) in [6, 6.07) is 0.250. The predicted molar refractivity (Wildman–Crippen MR) is 55.8 cm³/mol. The fourth-order valence-electron chi connectivity index (χ4n) is 1.24. The molecule has 0 fully saturated rings. The van der Waals surface area contributed by atoms with Crippen molar-refractivity contribution in [2.45, 2.75) is 32.6 Å². The first-order valence-electron chi connectivity index (χ1n) is 4.67. The zero-order chi connectivity index (χ0) is 10.8. The Balaban J connectivity index is 2.93. The second-order valence-electron chi connectivity index (χ2n) is 3.56. The van der Waals surface area contributed by atoms with Gasteiger partial charge in [-0.05, 0) is 13.8 Å². The van der Waals surface area contributed by atoms with Crippen molar-refractivity contribution in [1.29, 1.82) is 0 Å². The van der Waals surface area contributed by atoms with Gasteiger partial charge in [-0.25, -0.2) is 13.4 Å². The van der Waals surface area contributed by atoms with Gasteiger partial charge in [0.05, 0.1) is 17.8 Å². The van der Waals surface area contributed by atoms with Crippen LogP contribution < -0.4 is 0 Å². The highest BCUT2D eigenvalue weighted by atomic mass is 32.2. The first-order valence-corrected chi connectivity index (χ1v) is 6.49. The van der Waals surface area contributed by atoms with E-state index in [9.17, 15) is 8.42 Å². The van der Waals surface area contributed by atoms with Crippen molar-refractivity contribution in [2.75, 3.05) is 5.75 Å². The Hall–Kier alpha value is -0.840. The van der Waals surface area contributed by atoms with Crippen molar-refractivity contribution >= 4 is 9.84 Å². The van der Waals surface area contributed by atoms with Crippen LogP contribution in [0.2, 0.25) is 0 Å². The van der Waals surface area contributed by atoms with Crippen molar-refractivity contribution in [3.05, 3.63) is 18.2 Å². The number of sulfone groups is 1. The standard InChI is InChI=1S/C9H16N2O2S/c1-4-14(12,13)6-9-5-10-7-11(9)8(2)3/h5,7-8H,4,6H2,1-3H3. The Bertz CT molecular complexity index is 393. The fraction of sp³-hybridized carbons (Fsp3) is 0.667. The summed E-state index contributed by atoms with van der Waals surface area (Å²) < 4.78 is 24.7. The minimum atomic E-state index is -2.96. The number of nitrogens with zero attached hydrogens (tertiary/aromatic N) is 2. The number of aromatic nitrogens is 2. The van der Waals surface area contributed by atoms with E-state index in [2.05, 4.69) is 4.98 Å². The minimum absolute atomic E-state index is 0.0850. The Morgan fingerprint density at radius 3 is 2.64 bits per heavy atom. The summed E-state index contributed by atoms with van der Waals surface area (Å²) in [7, 11) is -2.96. The molecule has 1 aromatic rings. The molecule has 1 heterocycles. The molecule has 1 rings (SSSR count). The first kappa shape index (κ1) is 11.2. The molecule has 0 saturated heterocycles. The molecule has 0 aliphatic rings. The predicted octanol–water partition coefficient (Wildman–Crippen LogP) is 1.40. The van der Waals surface area contributed by atoms with Crippen LogP contribution in [0.1, 0.15) is 32.5 Å². The Kier molecular flexibility index (Phi) is 3.31. The maximum atomic E-state index is 11.4. The van der Waals surface area contributed by atoms with E-state index in [1.54, 1.807) is 19.4 Å². The molecular weight excluding hydrogens is 200 g/mol. The molecule has 1 aromatic heterocycles. The van der Waals surface area contributed by atoms with Crippen LogP contribution in [0.5, 0.6) is 0 Å². The topological polar surface area (TPSA) is 52.0 Å². The second kappa shape index (κ2) is 4.13. The van der Waals surface area contributed by atoms with E-state index >= 15 is 0 Å².